The number of halogens is 2. The average Bonchev–Trinajstić information content (AvgIpc) is 2.86. The Balaban J connectivity index is 2.00. The summed E-state index contributed by atoms with van der Waals surface area (Å²) in [7, 11) is 0. The van der Waals surface area contributed by atoms with E-state index in [1.165, 1.54) is 0 Å². The summed E-state index contributed by atoms with van der Waals surface area (Å²) in [5, 5.41) is 11.6. The molecule has 4 nitrogen and oxygen atoms in total. The Morgan fingerprint density at radius 1 is 1.35 bits per heavy atom. The summed E-state index contributed by atoms with van der Waals surface area (Å²) < 4.78 is 7.84. The third-order valence-corrected chi connectivity index (χ3v) is 4.11. The average molecular weight is 450 g/mol. The first-order valence-corrected chi connectivity index (χ1v) is 8.44. The van der Waals surface area contributed by atoms with Gasteiger partial charge in [-0.05, 0) is 69.7 Å². The summed E-state index contributed by atoms with van der Waals surface area (Å²) in [6.07, 6.45) is 1.79. The lowest BCUT2D eigenvalue weighted by atomic mass is 10.2. The lowest BCUT2D eigenvalue weighted by molar-refractivity contribution is 0.484. The summed E-state index contributed by atoms with van der Waals surface area (Å²) in [4.78, 5) is 0. The molecule has 0 aliphatic rings. The predicted octanol–water partition coefficient (Wildman–Crippen LogP) is 4.03. The molecule has 6 heteroatoms. The molecule has 1 heterocycles. The van der Waals surface area contributed by atoms with Crippen molar-refractivity contribution in [3.05, 3.63) is 32.1 Å². The van der Waals surface area contributed by atoms with Crippen molar-refractivity contribution >= 4 is 38.5 Å². The zero-order chi connectivity index (χ0) is 14.5. The lowest BCUT2D eigenvalue weighted by Gasteiger charge is -2.05. The Bertz CT molecular complexity index is 571. The van der Waals surface area contributed by atoms with Crippen LogP contribution in [0, 0.1) is 3.57 Å². The van der Waals surface area contributed by atoms with Crippen LogP contribution in [0.25, 0.3) is 11.5 Å². The summed E-state index contributed by atoms with van der Waals surface area (Å²) in [5.41, 5.74) is 0.941. The number of rotatable bonds is 6. The summed E-state index contributed by atoms with van der Waals surface area (Å²) in [6, 6.07) is 6.56. The van der Waals surface area contributed by atoms with Gasteiger partial charge in [-0.1, -0.05) is 13.8 Å². The van der Waals surface area contributed by atoms with Gasteiger partial charge in [0, 0.05) is 20.5 Å². The molecular weight excluding hydrogens is 433 g/mol. The quantitative estimate of drug-likeness (QED) is 0.534. The van der Waals surface area contributed by atoms with Gasteiger partial charge in [0.05, 0.1) is 5.56 Å². The van der Waals surface area contributed by atoms with Crippen LogP contribution in [0.4, 0.5) is 0 Å². The summed E-state index contributed by atoms with van der Waals surface area (Å²) in [5.74, 6) is 1.26. The zero-order valence-electron chi connectivity index (χ0n) is 11.5. The first-order valence-electron chi connectivity index (χ1n) is 6.57. The first-order chi connectivity index (χ1) is 9.56. The molecule has 0 aliphatic heterocycles. The van der Waals surface area contributed by atoms with Gasteiger partial charge < -0.3 is 9.73 Å². The van der Waals surface area contributed by atoms with E-state index in [1.807, 2.05) is 18.2 Å². The smallest absolute Gasteiger partial charge is 0.248 e. The van der Waals surface area contributed by atoms with E-state index in [0.717, 1.165) is 33.0 Å². The lowest BCUT2D eigenvalue weighted by Crippen LogP contribution is -2.23. The van der Waals surface area contributed by atoms with E-state index in [0.29, 0.717) is 17.8 Å². The van der Waals surface area contributed by atoms with Crippen molar-refractivity contribution in [2.75, 3.05) is 6.54 Å². The van der Waals surface area contributed by atoms with Crippen LogP contribution >= 0.6 is 38.5 Å². The molecule has 0 unspecified atom stereocenters. The Hall–Kier alpha value is -0.470. The molecule has 1 aromatic carbocycles. The molecule has 1 N–H and O–H groups in total. The summed E-state index contributed by atoms with van der Waals surface area (Å²) >= 11 is 5.79. The molecule has 0 saturated carbocycles. The Morgan fingerprint density at radius 3 is 2.90 bits per heavy atom. The first kappa shape index (κ1) is 15.9. The van der Waals surface area contributed by atoms with Crippen molar-refractivity contribution in [2.45, 2.75) is 32.7 Å². The number of benzene rings is 1. The minimum atomic E-state index is 0.510. The maximum Gasteiger partial charge on any atom is 0.248 e. The van der Waals surface area contributed by atoms with Gasteiger partial charge in [0.15, 0.2) is 0 Å². The molecule has 0 radical (unpaired) electrons. The molecule has 0 atom stereocenters. The van der Waals surface area contributed by atoms with Gasteiger partial charge in [0.1, 0.15) is 0 Å². The van der Waals surface area contributed by atoms with Gasteiger partial charge in [-0.3, -0.25) is 0 Å². The monoisotopic (exact) mass is 449 g/mol. The van der Waals surface area contributed by atoms with E-state index in [1.54, 1.807) is 0 Å². The number of hydrogen-bond acceptors (Lipinski definition) is 4. The van der Waals surface area contributed by atoms with Crippen molar-refractivity contribution in [3.63, 3.8) is 0 Å². The van der Waals surface area contributed by atoms with Crippen LogP contribution in [-0.4, -0.2) is 22.8 Å². The van der Waals surface area contributed by atoms with Gasteiger partial charge in [-0.25, -0.2) is 0 Å². The molecule has 0 fully saturated rings. The normalized spacial score (nSPS) is 11.2. The number of hydrogen-bond donors (Lipinski definition) is 1. The zero-order valence-corrected chi connectivity index (χ0v) is 15.2. The molecule has 0 amide bonds. The topological polar surface area (TPSA) is 51.0 Å². The number of aryl methyl sites for hydroxylation is 1. The highest BCUT2D eigenvalue weighted by molar-refractivity contribution is 14.1. The van der Waals surface area contributed by atoms with Crippen LogP contribution < -0.4 is 5.32 Å². The third-order valence-electron chi connectivity index (χ3n) is 2.75. The second-order valence-corrected chi connectivity index (χ2v) is 6.94. The molecule has 0 aliphatic carbocycles. The van der Waals surface area contributed by atoms with Gasteiger partial charge in [-0.15, -0.1) is 10.2 Å². The molecule has 1 aromatic heterocycles. The van der Waals surface area contributed by atoms with Gasteiger partial charge >= 0.3 is 0 Å². The maximum atomic E-state index is 5.73. The predicted molar refractivity (Wildman–Crippen MR) is 91.6 cm³/mol. The molecule has 0 spiro atoms. The fourth-order valence-electron chi connectivity index (χ4n) is 1.76. The second-order valence-electron chi connectivity index (χ2n) is 4.84. The fourth-order valence-corrected chi connectivity index (χ4v) is 2.66. The molecular formula is C14H17BrIN3O. The van der Waals surface area contributed by atoms with Crippen LogP contribution in [0.15, 0.2) is 27.1 Å². The fraction of sp³-hybridized carbons (Fsp3) is 0.429. The van der Waals surface area contributed by atoms with Crippen LogP contribution in [0.2, 0.25) is 0 Å². The standard InChI is InChI=1S/C14H17BrIN3O/c1-9(2)17-7-3-4-13-18-19-14(20-13)11-8-10(16)5-6-12(11)15/h5-6,8-9,17H,3-4,7H2,1-2H3. The summed E-state index contributed by atoms with van der Waals surface area (Å²) in [6.45, 7) is 5.24. The van der Waals surface area contributed by atoms with E-state index in [4.69, 9.17) is 4.42 Å². The van der Waals surface area contributed by atoms with Crippen molar-refractivity contribution < 1.29 is 4.42 Å². The molecule has 20 heavy (non-hydrogen) atoms. The molecule has 2 rings (SSSR count). The van der Waals surface area contributed by atoms with E-state index in [2.05, 4.69) is 67.9 Å². The highest BCUT2D eigenvalue weighted by Gasteiger charge is 2.12. The van der Waals surface area contributed by atoms with Crippen LogP contribution in [0.1, 0.15) is 26.2 Å². The van der Waals surface area contributed by atoms with Crippen LogP contribution in [-0.2, 0) is 6.42 Å². The van der Waals surface area contributed by atoms with E-state index >= 15 is 0 Å². The van der Waals surface area contributed by atoms with Gasteiger partial charge in [0.25, 0.3) is 0 Å². The minimum absolute atomic E-state index is 0.510. The van der Waals surface area contributed by atoms with Gasteiger partial charge in [0.2, 0.25) is 11.8 Å². The van der Waals surface area contributed by atoms with Crippen molar-refractivity contribution in [2.24, 2.45) is 0 Å². The molecule has 0 saturated heterocycles. The highest BCUT2D eigenvalue weighted by atomic mass is 127. The third kappa shape index (κ3) is 4.53. The number of nitrogens with one attached hydrogen (secondary N) is 1. The van der Waals surface area contributed by atoms with Crippen LogP contribution in [0.3, 0.4) is 0 Å². The van der Waals surface area contributed by atoms with E-state index < -0.39 is 0 Å². The Kier molecular flexibility index (Phi) is 5.98. The highest BCUT2D eigenvalue weighted by Crippen LogP contribution is 2.28. The molecule has 0 bridgehead atoms. The van der Waals surface area contributed by atoms with Gasteiger partial charge in [-0.2, -0.15) is 0 Å². The molecule has 108 valence electrons. The molecule has 2 aromatic rings. The SMILES string of the molecule is CC(C)NCCCc1nnc(-c2cc(I)ccc2Br)o1. The van der Waals surface area contributed by atoms with Crippen LogP contribution in [0.5, 0.6) is 0 Å². The van der Waals surface area contributed by atoms with E-state index in [9.17, 15) is 0 Å². The minimum Gasteiger partial charge on any atom is -0.421 e. The largest absolute Gasteiger partial charge is 0.421 e. The number of nitrogens with zero attached hydrogens (tertiary/aromatic N) is 2. The maximum absolute atomic E-state index is 5.73. The second kappa shape index (κ2) is 7.51. The Labute approximate surface area is 141 Å². The van der Waals surface area contributed by atoms with E-state index in [-0.39, 0.29) is 0 Å². The van der Waals surface area contributed by atoms with Crippen molar-refractivity contribution in [1.82, 2.24) is 15.5 Å². The number of aromatic nitrogens is 2. The van der Waals surface area contributed by atoms with Crippen molar-refractivity contribution in [1.29, 1.82) is 0 Å². The Morgan fingerprint density at radius 2 is 2.15 bits per heavy atom. The van der Waals surface area contributed by atoms with Crippen molar-refractivity contribution in [3.8, 4) is 11.5 Å².